The van der Waals surface area contributed by atoms with E-state index in [-0.39, 0.29) is 5.84 Å². The molecule has 4 N–H and O–H groups in total. The number of aromatic nitrogens is 2. The van der Waals surface area contributed by atoms with E-state index in [9.17, 15) is 0 Å². The number of hydrogen-bond donors (Lipinski definition) is 3. The second kappa shape index (κ2) is 5.97. The molecule has 1 saturated carbocycles. The van der Waals surface area contributed by atoms with Crippen molar-refractivity contribution in [2.45, 2.75) is 25.7 Å². The number of hydrogen-bond acceptors (Lipinski definition) is 5. The van der Waals surface area contributed by atoms with Gasteiger partial charge in [0.15, 0.2) is 5.84 Å². The van der Waals surface area contributed by atoms with Crippen LogP contribution in [0.25, 0.3) is 0 Å². The molecule has 2 aromatic rings. The molecule has 6 nitrogen and oxygen atoms in total. The molecule has 0 amide bonds. The Balaban J connectivity index is 1.95. The number of nitrogens with two attached hydrogens (primary N) is 1. The molecule has 0 bridgehead atoms. The molecular formula is C18H17ClN6. The molecule has 0 aromatic carbocycles. The molecule has 1 aliphatic carbocycles. The highest BCUT2D eigenvalue weighted by molar-refractivity contribution is 6.36. The molecule has 0 saturated heterocycles. The predicted octanol–water partition coefficient (Wildman–Crippen LogP) is 3.44. The Labute approximate surface area is 150 Å². The van der Waals surface area contributed by atoms with Gasteiger partial charge in [-0.15, -0.1) is 0 Å². The van der Waals surface area contributed by atoms with Gasteiger partial charge in [-0.3, -0.25) is 15.4 Å². The minimum Gasteiger partial charge on any atom is -0.400 e. The van der Waals surface area contributed by atoms with Gasteiger partial charge in [-0.05, 0) is 31.9 Å². The van der Waals surface area contributed by atoms with Crippen LogP contribution >= 0.6 is 11.6 Å². The summed E-state index contributed by atoms with van der Waals surface area (Å²) in [5.41, 5.74) is 10.8. The molecule has 3 heterocycles. The third kappa shape index (κ3) is 2.89. The number of aliphatic imine (C=N–C) groups is 1. The molecule has 1 aliphatic heterocycles. The van der Waals surface area contributed by atoms with E-state index in [4.69, 9.17) is 22.7 Å². The zero-order valence-corrected chi connectivity index (χ0v) is 14.4. The van der Waals surface area contributed by atoms with Gasteiger partial charge in [0.1, 0.15) is 5.70 Å². The van der Waals surface area contributed by atoms with Crippen molar-refractivity contribution in [3.05, 3.63) is 64.0 Å². The molecule has 2 aromatic heterocycles. The van der Waals surface area contributed by atoms with Crippen molar-refractivity contribution in [3.63, 3.8) is 0 Å². The highest BCUT2D eigenvalue weighted by atomic mass is 35.5. The maximum Gasteiger partial charge on any atom is 0.150 e. The fourth-order valence-corrected chi connectivity index (χ4v) is 3.05. The molecular weight excluding hydrogens is 336 g/mol. The van der Waals surface area contributed by atoms with Gasteiger partial charge in [-0.25, -0.2) is 4.99 Å². The van der Waals surface area contributed by atoms with Gasteiger partial charge in [0.05, 0.1) is 16.4 Å². The van der Waals surface area contributed by atoms with Crippen molar-refractivity contribution in [1.29, 1.82) is 5.41 Å². The van der Waals surface area contributed by atoms with Crippen molar-refractivity contribution >= 4 is 28.8 Å². The number of fused-ring (bicyclic) bond motifs is 1. The summed E-state index contributed by atoms with van der Waals surface area (Å²) in [5.74, 6) is 0.676. The number of amidine groups is 1. The lowest BCUT2D eigenvalue weighted by Crippen LogP contribution is -2.15. The fraction of sp³-hybridized carbons (Fsp3) is 0.222. The SMILES string of the molecule is C/C(N)=C1\N=C(c2ccncc2Cl)c2cnc(C3CC3)cc2NC1=N. The number of halogens is 1. The van der Waals surface area contributed by atoms with Gasteiger partial charge in [0.2, 0.25) is 0 Å². The zero-order valence-electron chi connectivity index (χ0n) is 13.7. The topological polar surface area (TPSA) is 100 Å². The van der Waals surface area contributed by atoms with Gasteiger partial charge in [-0.2, -0.15) is 0 Å². The Hall–Kier alpha value is -2.73. The minimum absolute atomic E-state index is 0.161. The second-order valence-electron chi connectivity index (χ2n) is 6.28. The summed E-state index contributed by atoms with van der Waals surface area (Å²) in [6.07, 6.45) is 7.36. The van der Waals surface area contributed by atoms with E-state index in [2.05, 4.69) is 20.3 Å². The van der Waals surface area contributed by atoms with Crippen molar-refractivity contribution < 1.29 is 0 Å². The third-order valence-corrected chi connectivity index (χ3v) is 4.60. The second-order valence-corrected chi connectivity index (χ2v) is 6.68. The average molecular weight is 353 g/mol. The standard InChI is InChI=1S/C18H17ClN6/c1-9(20)16-18(21)24-15-6-14(10-2-3-10)23-7-12(15)17(25-16)11-4-5-22-8-13(11)19/h4-8,10H,2-3,20H2,1H3,(H2,21,24)/b16-9+. The third-order valence-electron chi connectivity index (χ3n) is 4.30. The monoisotopic (exact) mass is 352 g/mol. The molecule has 126 valence electrons. The highest BCUT2D eigenvalue weighted by Crippen LogP contribution is 2.40. The fourth-order valence-electron chi connectivity index (χ4n) is 2.85. The predicted molar refractivity (Wildman–Crippen MR) is 99.3 cm³/mol. The van der Waals surface area contributed by atoms with Crippen LogP contribution < -0.4 is 11.1 Å². The lowest BCUT2D eigenvalue weighted by Gasteiger charge is -2.12. The van der Waals surface area contributed by atoms with Gasteiger partial charge < -0.3 is 11.1 Å². The number of nitrogens with one attached hydrogen (secondary N) is 2. The van der Waals surface area contributed by atoms with E-state index >= 15 is 0 Å². The van der Waals surface area contributed by atoms with Gasteiger partial charge in [0, 0.05) is 47.0 Å². The molecule has 1 fully saturated rings. The summed E-state index contributed by atoms with van der Waals surface area (Å²) in [6, 6.07) is 3.80. The van der Waals surface area contributed by atoms with Gasteiger partial charge >= 0.3 is 0 Å². The van der Waals surface area contributed by atoms with Crippen LogP contribution in [0.4, 0.5) is 5.69 Å². The van der Waals surface area contributed by atoms with E-state index in [1.165, 1.54) is 0 Å². The average Bonchev–Trinajstić information content (AvgIpc) is 3.41. The largest absolute Gasteiger partial charge is 0.400 e. The van der Waals surface area contributed by atoms with Crippen molar-refractivity contribution in [2.75, 3.05) is 5.32 Å². The van der Waals surface area contributed by atoms with Crippen LogP contribution in [0.3, 0.4) is 0 Å². The minimum atomic E-state index is 0.161. The van der Waals surface area contributed by atoms with Crippen LogP contribution in [0.2, 0.25) is 5.02 Å². The number of pyridine rings is 2. The summed E-state index contributed by atoms with van der Waals surface area (Å²) in [4.78, 5) is 13.3. The molecule has 0 atom stereocenters. The first kappa shape index (κ1) is 15.8. The lowest BCUT2D eigenvalue weighted by molar-refractivity contribution is 1.02. The highest BCUT2D eigenvalue weighted by Gasteiger charge is 2.28. The van der Waals surface area contributed by atoms with Crippen LogP contribution in [-0.4, -0.2) is 21.5 Å². The molecule has 2 aliphatic rings. The number of nitrogens with zero attached hydrogens (tertiary/aromatic N) is 3. The zero-order chi connectivity index (χ0) is 17.6. The maximum absolute atomic E-state index is 8.32. The van der Waals surface area contributed by atoms with Crippen LogP contribution in [0, 0.1) is 5.41 Å². The summed E-state index contributed by atoms with van der Waals surface area (Å²) < 4.78 is 0. The van der Waals surface area contributed by atoms with Crippen LogP contribution in [0.15, 0.2) is 47.1 Å². The first-order chi connectivity index (χ1) is 12.0. The van der Waals surface area contributed by atoms with E-state index in [0.717, 1.165) is 35.3 Å². The van der Waals surface area contributed by atoms with E-state index in [0.29, 0.717) is 28.0 Å². The van der Waals surface area contributed by atoms with E-state index in [1.54, 1.807) is 31.6 Å². The number of rotatable bonds is 2. The summed E-state index contributed by atoms with van der Waals surface area (Å²) in [6.45, 7) is 1.73. The first-order valence-electron chi connectivity index (χ1n) is 8.05. The molecule has 0 spiro atoms. The normalized spacial score (nSPS) is 18.8. The molecule has 4 rings (SSSR count). The van der Waals surface area contributed by atoms with E-state index in [1.807, 2.05) is 6.07 Å². The van der Waals surface area contributed by atoms with Crippen LogP contribution in [-0.2, 0) is 0 Å². The molecule has 0 unspecified atom stereocenters. The quantitative estimate of drug-likeness (QED) is 0.770. The Morgan fingerprint density at radius 1 is 1.32 bits per heavy atom. The van der Waals surface area contributed by atoms with Crippen LogP contribution in [0.1, 0.15) is 42.5 Å². The Bertz CT molecular complexity index is 938. The summed E-state index contributed by atoms with van der Waals surface area (Å²) >= 11 is 6.35. The first-order valence-corrected chi connectivity index (χ1v) is 8.43. The van der Waals surface area contributed by atoms with E-state index < -0.39 is 0 Å². The Morgan fingerprint density at radius 2 is 2.12 bits per heavy atom. The summed E-state index contributed by atoms with van der Waals surface area (Å²) in [7, 11) is 0. The van der Waals surface area contributed by atoms with Gasteiger partial charge in [0.25, 0.3) is 0 Å². The molecule has 7 heteroatoms. The van der Waals surface area contributed by atoms with Crippen LogP contribution in [0.5, 0.6) is 0 Å². The Morgan fingerprint density at radius 3 is 2.80 bits per heavy atom. The summed E-state index contributed by atoms with van der Waals surface area (Å²) in [5, 5.41) is 11.9. The van der Waals surface area contributed by atoms with Crippen molar-refractivity contribution in [3.8, 4) is 0 Å². The molecule has 0 radical (unpaired) electrons. The number of allylic oxidation sites excluding steroid dienone is 1. The van der Waals surface area contributed by atoms with Crippen molar-refractivity contribution in [1.82, 2.24) is 9.97 Å². The number of anilines is 1. The Kier molecular flexibility index (Phi) is 3.77. The van der Waals surface area contributed by atoms with Crippen molar-refractivity contribution in [2.24, 2.45) is 10.7 Å². The molecule has 25 heavy (non-hydrogen) atoms. The maximum atomic E-state index is 8.32. The van der Waals surface area contributed by atoms with Gasteiger partial charge in [-0.1, -0.05) is 11.6 Å². The smallest absolute Gasteiger partial charge is 0.150 e. The lowest BCUT2D eigenvalue weighted by atomic mass is 10.0.